The summed E-state index contributed by atoms with van der Waals surface area (Å²) >= 11 is 0.842. The number of rotatable bonds is 5. The van der Waals surface area contributed by atoms with Gasteiger partial charge in [-0.15, -0.1) is 0 Å². The smallest absolute Gasteiger partial charge is 0.409 e. The van der Waals surface area contributed by atoms with Crippen molar-refractivity contribution in [3.63, 3.8) is 0 Å². The first kappa shape index (κ1) is 17.8. The zero-order chi connectivity index (χ0) is 16.2. The second-order valence-corrected chi connectivity index (χ2v) is 6.03. The SMILES string of the molecule is CCOC(=O)CC(N1CC(SC(C)=O)CC1=O)C(F)(F)F. The van der Waals surface area contributed by atoms with Crippen LogP contribution < -0.4 is 0 Å². The van der Waals surface area contributed by atoms with E-state index in [1.165, 1.54) is 13.8 Å². The molecule has 0 aromatic heterocycles. The lowest BCUT2D eigenvalue weighted by molar-refractivity contribution is -0.192. The second-order valence-electron chi connectivity index (χ2n) is 4.55. The number of nitrogens with zero attached hydrogens (tertiary/aromatic N) is 1. The molecule has 1 amide bonds. The highest BCUT2D eigenvalue weighted by Gasteiger charge is 2.49. The number of hydrogen-bond donors (Lipinski definition) is 0. The van der Waals surface area contributed by atoms with Crippen LogP contribution >= 0.6 is 11.8 Å². The van der Waals surface area contributed by atoms with E-state index in [9.17, 15) is 27.6 Å². The summed E-state index contributed by atoms with van der Waals surface area (Å²) in [5.74, 6) is -1.71. The maximum atomic E-state index is 13.1. The highest BCUT2D eigenvalue weighted by Crippen LogP contribution is 2.33. The van der Waals surface area contributed by atoms with E-state index in [0.717, 1.165) is 11.8 Å². The van der Waals surface area contributed by atoms with Crippen molar-refractivity contribution in [2.45, 2.75) is 44.2 Å². The second kappa shape index (κ2) is 7.15. The summed E-state index contributed by atoms with van der Waals surface area (Å²) in [6.45, 7) is 2.55. The molecule has 1 rings (SSSR count). The van der Waals surface area contributed by atoms with Crippen LogP contribution in [0, 0.1) is 0 Å². The molecular weight excluding hydrogens is 311 g/mol. The lowest BCUT2D eigenvalue weighted by atomic mass is 10.1. The Labute approximate surface area is 124 Å². The van der Waals surface area contributed by atoms with Crippen LogP contribution in [0.1, 0.15) is 26.7 Å². The van der Waals surface area contributed by atoms with Crippen molar-refractivity contribution in [3.05, 3.63) is 0 Å². The van der Waals surface area contributed by atoms with Crippen molar-refractivity contribution in [1.29, 1.82) is 0 Å². The summed E-state index contributed by atoms with van der Waals surface area (Å²) in [4.78, 5) is 34.6. The van der Waals surface area contributed by atoms with Gasteiger partial charge in [0.2, 0.25) is 5.91 Å². The predicted molar refractivity (Wildman–Crippen MR) is 69.5 cm³/mol. The lowest BCUT2D eigenvalue weighted by Crippen LogP contribution is -2.48. The van der Waals surface area contributed by atoms with Crippen LogP contribution in [0.2, 0.25) is 0 Å². The van der Waals surface area contributed by atoms with Gasteiger partial charge in [-0.1, -0.05) is 11.8 Å². The Morgan fingerprint density at radius 3 is 2.57 bits per heavy atom. The van der Waals surface area contributed by atoms with E-state index in [2.05, 4.69) is 4.74 Å². The zero-order valence-corrected chi connectivity index (χ0v) is 12.4. The molecule has 0 aromatic rings. The first-order chi connectivity index (χ1) is 9.65. The molecule has 0 aliphatic carbocycles. The molecule has 5 nitrogen and oxygen atoms in total. The molecule has 0 radical (unpaired) electrons. The average Bonchev–Trinajstić information content (AvgIpc) is 2.64. The molecule has 1 aliphatic rings. The number of hydrogen-bond acceptors (Lipinski definition) is 5. The maximum absolute atomic E-state index is 13.1. The van der Waals surface area contributed by atoms with Crippen molar-refractivity contribution in [2.75, 3.05) is 13.2 Å². The highest BCUT2D eigenvalue weighted by atomic mass is 32.2. The van der Waals surface area contributed by atoms with Crippen LogP contribution in [-0.2, 0) is 19.1 Å². The monoisotopic (exact) mass is 327 g/mol. The molecule has 0 aromatic carbocycles. The van der Waals surface area contributed by atoms with Crippen molar-refractivity contribution >= 4 is 28.8 Å². The third-order valence-electron chi connectivity index (χ3n) is 2.88. The molecular formula is C12H16F3NO4S. The van der Waals surface area contributed by atoms with Gasteiger partial charge >= 0.3 is 12.1 Å². The van der Waals surface area contributed by atoms with Crippen molar-refractivity contribution in [3.8, 4) is 0 Å². The molecule has 1 aliphatic heterocycles. The number of esters is 1. The number of amides is 1. The van der Waals surface area contributed by atoms with Crippen LogP contribution in [0.15, 0.2) is 0 Å². The Bertz CT molecular complexity index is 427. The van der Waals surface area contributed by atoms with Gasteiger partial charge in [0.15, 0.2) is 5.12 Å². The molecule has 9 heteroatoms. The van der Waals surface area contributed by atoms with Gasteiger partial charge in [0.05, 0.1) is 13.0 Å². The lowest BCUT2D eigenvalue weighted by Gasteiger charge is -2.29. The van der Waals surface area contributed by atoms with Gasteiger partial charge in [-0.25, -0.2) is 0 Å². The van der Waals surface area contributed by atoms with Crippen LogP contribution in [-0.4, -0.2) is 52.5 Å². The summed E-state index contributed by atoms with van der Waals surface area (Å²) in [6, 6.07) is -2.21. The van der Waals surface area contributed by atoms with Gasteiger partial charge in [0, 0.05) is 25.1 Å². The molecule has 2 unspecified atom stereocenters. The quantitative estimate of drug-likeness (QED) is 0.720. The Hall–Kier alpha value is -1.25. The molecule has 120 valence electrons. The van der Waals surface area contributed by atoms with Crippen LogP contribution in [0.3, 0.4) is 0 Å². The molecule has 1 saturated heterocycles. The summed E-state index contributed by atoms with van der Waals surface area (Å²) in [5, 5.41) is -0.773. The number of thioether (sulfide) groups is 1. The van der Waals surface area contributed by atoms with Crippen molar-refractivity contribution < 1.29 is 32.3 Å². The zero-order valence-electron chi connectivity index (χ0n) is 11.6. The molecule has 21 heavy (non-hydrogen) atoms. The summed E-state index contributed by atoms with van der Waals surface area (Å²) < 4.78 is 43.7. The van der Waals surface area contributed by atoms with Crippen molar-refractivity contribution in [2.24, 2.45) is 0 Å². The molecule has 2 atom stereocenters. The molecule has 0 N–H and O–H groups in total. The Morgan fingerprint density at radius 1 is 1.48 bits per heavy atom. The number of likely N-dealkylation sites (tertiary alicyclic amines) is 1. The van der Waals surface area contributed by atoms with Crippen LogP contribution in [0.25, 0.3) is 0 Å². The molecule has 1 fully saturated rings. The molecule has 0 spiro atoms. The van der Waals surface area contributed by atoms with Gasteiger partial charge in [0.1, 0.15) is 6.04 Å². The highest BCUT2D eigenvalue weighted by molar-refractivity contribution is 8.14. The third-order valence-corrected chi connectivity index (χ3v) is 3.86. The van der Waals surface area contributed by atoms with Gasteiger partial charge < -0.3 is 9.64 Å². The minimum absolute atomic E-state index is 0.0276. The summed E-state index contributed by atoms with van der Waals surface area (Å²) in [6.07, 6.45) is -5.79. The number of alkyl halides is 3. The minimum atomic E-state index is -4.72. The maximum Gasteiger partial charge on any atom is 0.409 e. The Kier molecular flexibility index (Phi) is 6.06. The van der Waals surface area contributed by atoms with E-state index < -0.39 is 35.8 Å². The Balaban J connectivity index is 2.82. The van der Waals surface area contributed by atoms with Gasteiger partial charge in [-0.2, -0.15) is 13.2 Å². The number of halogens is 3. The molecule has 0 bridgehead atoms. The van der Waals surface area contributed by atoms with Gasteiger partial charge in [0.25, 0.3) is 0 Å². The number of ether oxygens (including phenoxy) is 1. The minimum Gasteiger partial charge on any atom is -0.466 e. The van der Waals surface area contributed by atoms with E-state index in [0.29, 0.717) is 4.90 Å². The Morgan fingerprint density at radius 2 is 2.10 bits per heavy atom. The van der Waals surface area contributed by atoms with E-state index in [1.807, 2.05) is 0 Å². The molecule has 1 heterocycles. The number of carbonyl (C=O) groups excluding carboxylic acids is 3. The third kappa shape index (κ3) is 5.22. The average molecular weight is 327 g/mol. The van der Waals surface area contributed by atoms with E-state index >= 15 is 0 Å². The standard InChI is InChI=1S/C12H16F3NO4S/c1-3-20-11(19)5-9(12(13,14)15)16-6-8(4-10(16)18)21-7(2)17/h8-9H,3-6H2,1-2H3. The molecule has 0 saturated carbocycles. The topological polar surface area (TPSA) is 63.7 Å². The van der Waals surface area contributed by atoms with E-state index in [4.69, 9.17) is 0 Å². The fourth-order valence-electron chi connectivity index (χ4n) is 2.09. The predicted octanol–water partition coefficient (Wildman–Crippen LogP) is 1.75. The van der Waals surface area contributed by atoms with Gasteiger partial charge in [-0.3, -0.25) is 14.4 Å². The van der Waals surface area contributed by atoms with Crippen LogP contribution in [0.5, 0.6) is 0 Å². The summed E-state index contributed by atoms with van der Waals surface area (Å²) in [5.41, 5.74) is 0. The summed E-state index contributed by atoms with van der Waals surface area (Å²) in [7, 11) is 0. The fraction of sp³-hybridized carbons (Fsp3) is 0.750. The van der Waals surface area contributed by atoms with Gasteiger partial charge in [-0.05, 0) is 6.92 Å². The fourth-order valence-corrected chi connectivity index (χ4v) is 3.02. The number of carbonyl (C=O) groups is 3. The largest absolute Gasteiger partial charge is 0.466 e. The van der Waals surface area contributed by atoms with E-state index in [-0.39, 0.29) is 24.7 Å². The first-order valence-electron chi connectivity index (χ1n) is 6.34. The van der Waals surface area contributed by atoms with E-state index in [1.54, 1.807) is 0 Å². The first-order valence-corrected chi connectivity index (χ1v) is 7.22. The normalized spacial score (nSPS) is 20.5. The van der Waals surface area contributed by atoms with Crippen molar-refractivity contribution in [1.82, 2.24) is 4.90 Å². The van der Waals surface area contributed by atoms with Crippen LogP contribution in [0.4, 0.5) is 13.2 Å².